The smallest absolute Gasteiger partial charge is 0.407 e. The summed E-state index contributed by atoms with van der Waals surface area (Å²) in [6.07, 6.45) is -1.08. The SMILES string of the molecule is COc1ccc(C2CN(C(=O)O)CC(C(C)(C)C)C2NC(=O)Nc2ccc(Cl)cc2)c(F)c1. The van der Waals surface area contributed by atoms with Crippen LogP contribution < -0.4 is 15.4 Å². The summed E-state index contributed by atoms with van der Waals surface area (Å²) in [5, 5.41) is 16.0. The van der Waals surface area contributed by atoms with Crippen molar-refractivity contribution in [1.29, 1.82) is 0 Å². The molecule has 3 N–H and O–H groups in total. The van der Waals surface area contributed by atoms with Crippen molar-refractivity contribution in [1.82, 2.24) is 10.2 Å². The molecular weight excluding hydrogens is 449 g/mol. The molecule has 3 amide bonds. The third kappa shape index (κ3) is 5.87. The lowest BCUT2D eigenvalue weighted by molar-refractivity contribution is 0.0531. The van der Waals surface area contributed by atoms with E-state index in [2.05, 4.69) is 10.6 Å². The van der Waals surface area contributed by atoms with E-state index in [0.717, 1.165) is 0 Å². The summed E-state index contributed by atoms with van der Waals surface area (Å²) in [5.74, 6) is -1.02. The van der Waals surface area contributed by atoms with E-state index in [9.17, 15) is 14.7 Å². The lowest BCUT2D eigenvalue weighted by Crippen LogP contribution is -2.60. The number of nitrogens with zero attached hydrogens (tertiary/aromatic N) is 1. The van der Waals surface area contributed by atoms with Crippen LogP contribution in [0.1, 0.15) is 32.3 Å². The third-order valence-corrected chi connectivity index (χ3v) is 6.34. The van der Waals surface area contributed by atoms with E-state index < -0.39 is 29.9 Å². The van der Waals surface area contributed by atoms with E-state index in [-0.39, 0.29) is 24.4 Å². The van der Waals surface area contributed by atoms with Crippen LogP contribution in [0.2, 0.25) is 5.02 Å². The molecule has 2 aromatic rings. The second-order valence-corrected chi connectivity index (χ2v) is 9.72. The molecule has 0 radical (unpaired) electrons. The van der Waals surface area contributed by atoms with Crippen molar-refractivity contribution in [2.45, 2.75) is 32.7 Å². The average Bonchev–Trinajstić information content (AvgIpc) is 2.74. The van der Waals surface area contributed by atoms with Crippen molar-refractivity contribution in [2.75, 3.05) is 25.5 Å². The Bertz CT molecular complexity index is 1010. The molecule has 3 rings (SSSR count). The van der Waals surface area contributed by atoms with Gasteiger partial charge in [0, 0.05) is 47.7 Å². The van der Waals surface area contributed by atoms with Gasteiger partial charge >= 0.3 is 12.1 Å². The van der Waals surface area contributed by atoms with Gasteiger partial charge in [0.25, 0.3) is 0 Å². The van der Waals surface area contributed by atoms with Crippen molar-refractivity contribution in [3.05, 3.63) is 58.9 Å². The fraction of sp³-hybridized carbons (Fsp3) is 0.417. The van der Waals surface area contributed by atoms with E-state index >= 15 is 4.39 Å². The molecule has 1 aliphatic rings. The molecular formula is C24H29ClFN3O4. The van der Waals surface area contributed by atoms with Crippen LogP contribution in [0.25, 0.3) is 0 Å². The lowest BCUT2D eigenvalue weighted by Gasteiger charge is -2.48. The Balaban J connectivity index is 1.96. The number of rotatable bonds is 4. The van der Waals surface area contributed by atoms with E-state index in [1.165, 1.54) is 18.1 Å². The monoisotopic (exact) mass is 477 g/mol. The van der Waals surface area contributed by atoms with Crippen molar-refractivity contribution in [3.8, 4) is 5.75 Å². The first-order valence-corrected chi connectivity index (χ1v) is 11.0. The highest BCUT2D eigenvalue weighted by atomic mass is 35.5. The normalized spacial score (nSPS) is 20.8. The van der Waals surface area contributed by atoms with E-state index in [0.29, 0.717) is 22.0 Å². The van der Waals surface area contributed by atoms with Crippen molar-refractivity contribution in [3.63, 3.8) is 0 Å². The van der Waals surface area contributed by atoms with Gasteiger partial charge in [-0.3, -0.25) is 0 Å². The van der Waals surface area contributed by atoms with Crippen LogP contribution in [0.4, 0.5) is 19.7 Å². The van der Waals surface area contributed by atoms with Crippen molar-refractivity contribution >= 4 is 29.4 Å². The zero-order valence-corrected chi connectivity index (χ0v) is 19.8. The summed E-state index contributed by atoms with van der Waals surface area (Å²) in [5.41, 5.74) is 0.514. The van der Waals surface area contributed by atoms with Crippen LogP contribution >= 0.6 is 11.6 Å². The van der Waals surface area contributed by atoms with Gasteiger partial charge in [-0.25, -0.2) is 14.0 Å². The van der Waals surface area contributed by atoms with Crippen LogP contribution in [0.3, 0.4) is 0 Å². The molecule has 0 aromatic heterocycles. The molecule has 1 saturated heterocycles. The van der Waals surface area contributed by atoms with Gasteiger partial charge in [-0.2, -0.15) is 0 Å². The number of carboxylic acid groups (broad SMARTS) is 1. The summed E-state index contributed by atoms with van der Waals surface area (Å²) in [7, 11) is 1.45. The largest absolute Gasteiger partial charge is 0.497 e. The molecule has 0 bridgehead atoms. The topological polar surface area (TPSA) is 90.9 Å². The number of urea groups is 1. The van der Waals surface area contributed by atoms with E-state index in [1.807, 2.05) is 20.8 Å². The number of halogens is 2. The number of methoxy groups -OCH3 is 1. The van der Waals surface area contributed by atoms with Gasteiger partial charge in [0.05, 0.1) is 7.11 Å². The second kappa shape index (κ2) is 9.87. The summed E-state index contributed by atoms with van der Waals surface area (Å²) in [6, 6.07) is 10.2. The maximum atomic E-state index is 15.1. The summed E-state index contributed by atoms with van der Waals surface area (Å²) < 4.78 is 20.2. The zero-order valence-electron chi connectivity index (χ0n) is 19.1. The molecule has 0 aliphatic carbocycles. The molecule has 0 saturated carbocycles. The lowest BCUT2D eigenvalue weighted by atomic mass is 9.68. The van der Waals surface area contributed by atoms with E-state index in [4.69, 9.17) is 16.3 Å². The number of benzene rings is 2. The number of anilines is 1. The number of hydrogen-bond acceptors (Lipinski definition) is 3. The van der Waals surface area contributed by atoms with Gasteiger partial charge in [-0.05, 0) is 41.3 Å². The van der Waals surface area contributed by atoms with E-state index in [1.54, 1.807) is 36.4 Å². The first-order chi connectivity index (χ1) is 15.5. The molecule has 7 nitrogen and oxygen atoms in total. The maximum absolute atomic E-state index is 15.1. The van der Waals surface area contributed by atoms with Crippen molar-refractivity contribution in [2.24, 2.45) is 11.3 Å². The second-order valence-electron chi connectivity index (χ2n) is 9.29. The number of carbonyl (C=O) groups is 2. The molecule has 3 unspecified atom stereocenters. The Morgan fingerprint density at radius 3 is 2.36 bits per heavy atom. The molecule has 2 aromatic carbocycles. The number of piperidine rings is 1. The predicted molar refractivity (Wildman–Crippen MR) is 126 cm³/mol. The Labute approximate surface area is 197 Å². The molecule has 1 fully saturated rings. The number of hydrogen-bond donors (Lipinski definition) is 3. The minimum absolute atomic E-state index is 0.0526. The quantitative estimate of drug-likeness (QED) is 0.548. The van der Waals surface area contributed by atoms with Crippen LogP contribution in [-0.2, 0) is 0 Å². The number of ether oxygens (including phenoxy) is 1. The minimum atomic E-state index is -1.08. The van der Waals surface area contributed by atoms with Crippen LogP contribution in [0, 0.1) is 17.2 Å². The van der Waals surface area contributed by atoms with Gasteiger partial charge in [0.15, 0.2) is 0 Å². The van der Waals surface area contributed by atoms with Gasteiger partial charge in [-0.15, -0.1) is 0 Å². The summed E-state index contributed by atoms with van der Waals surface area (Å²) in [4.78, 5) is 26.1. The highest BCUT2D eigenvalue weighted by Crippen LogP contribution is 2.41. The molecule has 3 atom stereocenters. The van der Waals surface area contributed by atoms with Gasteiger partial charge in [0.2, 0.25) is 0 Å². The maximum Gasteiger partial charge on any atom is 0.407 e. The van der Waals surface area contributed by atoms with Gasteiger partial charge in [-0.1, -0.05) is 38.4 Å². The number of likely N-dealkylation sites (tertiary alicyclic amines) is 1. The highest BCUT2D eigenvalue weighted by Gasteiger charge is 2.45. The average molecular weight is 478 g/mol. The standard InChI is InChI=1S/C24H29ClFN3O4/c1-24(2,3)19-13-29(23(31)32)12-18(17-10-9-16(33-4)11-20(17)26)21(19)28-22(30)27-15-7-5-14(25)6-8-15/h5-11,18-19,21H,12-13H2,1-4H3,(H,31,32)(H2,27,28,30). The van der Waals surface area contributed by atoms with Crippen LogP contribution in [-0.4, -0.2) is 48.4 Å². The van der Waals surface area contributed by atoms with Gasteiger partial charge in [0.1, 0.15) is 11.6 Å². The van der Waals surface area contributed by atoms with Crippen molar-refractivity contribution < 1.29 is 23.8 Å². The third-order valence-electron chi connectivity index (χ3n) is 6.09. The fourth-order valence-electron chi connectivity index (χ4n) is 4.31. The molecule has 1 heterocycles. The Morgan fingerprint density at radius 1 is 1.15 bits per heavy atom. The fourth-order valence-corrected chi connectivity index (χ4v) is 4.43. The van der Waals surface area contributed by atoms with Gasteiger partial charge < -0.3 is 25.4 Å². The Hall–Kier alpha value is -3.00. The zero-order chi connectivity index (χ0) is 24.3. The summed E-state index contributed by atoms with van der Waals surface area (Å²) >= 11 is 5.91. The van der Waals surface area contributed by atoms with Crippen LogP contribution in [0.15, 0.2) is 42.5 Å². The molecule has 9 heteroatoms. The predicted octanol–water partition coefficient (Wildman–Crippen LogP) is 5.42. The number of nitrogens with one attached hydrogen (secondary N) is 2. The number of amides is 3. The first kappa shape index (κ1) is 24.6. The molecule has 178 valence electrons. The first-order valence-electron chi connectivity index (χ1n) is 10.6. The molecule has 1 aliphatic heterocycles. The molecule has 33 heavy (non-hydrogen) atoms. The van der Waals surface area contributed by atoms with Crippen LogP contribution in [0.5, 0.6) is 5.75 Å². The molecule has 0 spiro atoms. The highest BCUT2D eigenvalue weighted by molar-refractivity contribution is 6.30. The minimum Gasteiger partial charge on any atom is -0.497 e. The number of carbonyl (C=O) groups excluding carboxylic acids is 1. The Morgan fingerprint density at radius 2 is 1.82 bits per heavy atom. The summed E-state index contributed by atoms with van der Waals surface area (Å²) in [6.45, 7) is 6.22. The Kier molecular flexibility index (Phi) is 7.37.